The molecule has 2 aromatic carbocycles. The lowest BCUT2D eigenvalue weighted by Gasteiger charge is -2.13. The van der Waals surface area contributed by atoms with E-state index in [-0.39, 0.29) is 23.3 Å². The molecule has 0 radical (unpaired) electrons. The average Bonchev–Trinajstić information content (AvgIpc) is 3.06. The smallest absolute Gasteiger partial charge is 0.405 e. The molecule has 3 rings (SSSR count). The molecule has 0 aliphatic carbocycles. The van der Waals surface area contributed by atoms with E-state index < -0.39 is 67.4 Å². The second-order valence-corrected chi connectivity index (χ2v) is 8.07. The quantitative estimate of drug-likeness (QED) is 0.498. The highest BCUT2D eigenvalue weighted by Crippen LogP contribution is 2.44. The lowest BCUT2D eigenvalue weighted by molar-refractivity contribution is -0.274. The zero-order chi connectivity index (χ0) is 24.9. The first-order valence-corrected chi connectivity index (χ1v) is 9.99. The molecule has 15 heteroatoms. The van der Waals surface area contributed by atoms with Gasteiger partial charge in [-0.1, -0.05) is 17.3 Å². The summed E-state index contributed by atoms with van der Waals surface area (Å²) in [6.07, 6.45) is -10.4. The molecule has 0 bridgehead atoms. The number of alkyl halides is 6. The SMILES string of the molecule is Cc1ccc(-c2noc(C(F)(F)F)c2-c2cc(F)c(S(N)(=O)=O)c(F)c2)cc1OC(F)(F)F. The molecule has 3 aromatic rings. The first kappa shape index (κ1) is 24.4. The largest absolute Gasteiger partial charge is 0.573 e. The molecule has 0 amide bonds. The normalized spacial score (nSPS) is 12.8. The molecule has 1 aromatic heterocycles. The highest BCUT2D eigenvalue weighted by atomic mass is 32.2. The van der Waals surface area contributed by atoms with Crippen LogP contribution >= 0.6 is 0 Å². The summed E-state index contributed by atoms with van der Waals surface area (Å²) >= 11 is 0. The summed E-state index contributed by atoms with van der Waals surface area (Å²) < 4.78 is 138. The van der Waals surface area contributed by atoms with Crippen LogP contribution in [0.15, 0.2) is 39.8 Å². The monoisotopic (exact) mass is 502 g/mol. The van der Waals surface area contributed by atoms with E-state index in [2.05, 4.69) is 14.4 Å². The van der Waals surface area contributed by atoms with Crippen molar-refractivity contribution in [1.29, 1.82) is 0 Å². The van der Waals surface area contributed by atoms with Crippen LogP contribution in [0.1, 0.15) is 11.3 Å². The Labute approximate surface area is 179 Å². The van der Waals surface area contributed by atoms with Gasteiger partial charge in [0.25, 0.3) is 0 Å². The molecule has 0 spiro atoms. The standard InChI is InChI=1S/C18H10F8N2O4S/c1-7-2-3-8(6-12(7)31-18(24,25)26)14-13(16(32-28-14)17(21,22)23)9-4-10(19)15(11(20)5-9)33(27,29)30/h2-6H,1H3,(H2,27,29,30). The summed E-state index contributed by atoms with van der Waals surface area (Å²) in [5.41, 5.74) is -3.07. The van der Waals surface area contributed by atoms with Gasteiger partial charge < -0.3 is 9.26 Å². The first-order chi connectivity index (χ1) is 15.0. The van der Waals surface area contributed by atoms with Crippen molar-refractivity contribution < 1.29 is 52.8 Å². The molecule has 0 unspecified atom stereocenters. The molecule has 2 N–H and O–H groups in total. The first-order valence-electron chi connectivity index (χ1n) is 8.45. The molecule has 1 heterocycles. The number of ether oxygens (including phenoxy) is 1. The number of primary sulfonamides is 1. The Morgan fingerprint density at radius 2 is 1.55 bits per heavy atom. The van der Waals surface area contributed by atoms with Crippen molar-refractivity contribution in [3.8, 4) is 28.1 Å². The number of halogens is 8. The van der Waals surface area contributed by atoms with E-state index in [1.54, 1.807) is 0 Å². The molecule has 33 heavy (non-hydrogen) atoms. The Bertz CT molecular complexity index is 1310. The summed E-state index contributed by atoms with van der Waals surface area (Å²) in [6.45, 7) is 1.23. The highest BCUT2D eigenvalue weighted by molar-refractivity contribution is 7.89. The van der Waals surface area contributed by atoms with E-state index in [4.69, 9.17) is 5.14 Å². The van der Waals surface area contributed by atoms with Crippen LogP contribution in [0.4, 0.5) is 35.1 Å². The van der Waals surface area contributed by atoms with Crippen LogP contribution < -0.4 is 9.88 Å². The van der Waals surface area contributed by atoms with Gasteiger partial charge in [-0.05, 0) is 36.2 Å². The fraction of sp³-hybridized carbons (Fsp3) is 0.167. The minimum Gasteiger partial charge on any atom is -0.405 e. The number of rotatable bonds is 4. The van der Waals surface area contributed by atoms with Gasteiger partial charge in [0.05, 0.1) is 5.56 Å². The Morgan fingerprint density at radius 1 is 0.970 bits per heavy atom. The predicted octanol–water partition coefficient (Wildman–Crippen LogP) is 5.16. The number of hydrogen-bond donors (Lipinski definition) is 1. The summed E-state index contributed by atoms with van der Waals surface area (Å²) in [5, 5.41) is 7.91. The van der Waals surface area contributed by atoms with E-state index >= 15 is 0 Å². The topological polar surface area (TPSA) is 95.4 Å². The van der Waals surface area contributed by atoms with Gasteiger partial charge in [-0.15, -0.1) is 13.2 Å². The van der Waals surface area contributed by atoms with Gasteiger partial charge in [0.15, 0.2) is 4.90 Å². The fourth-order valence-electron chi connectivity index (χ4n) is 2.91. The van der Waals surface area contributed by atoms with E-state index in [0.717, 1.165) is 12.1 Å². The van der Waals surface area contributed by atoms with Crippen molar-refractivity contribution in [1.82, 2.24) is 5.16 Å². The zero-order valence-electron chi connectivity index (χ0n) is 16.0. The maximum absolute atomic E-state index is 14.3. The summed E-state index contributed by atoms with van der Waals surface area (Å²) in [4.78, 5) is -1.59. The molecule has 0 atom stereocenters. The van der Waals surface area contributed by atoms with Gasteiger partial charge in [0, 0.05) is 5.56 Å². The Kier molecular flexibility index (Phi) is 5.91. The van der Waals surface area contributed by atoms with Crippen LogP contribution in [0.5, 0.6) is 5.75 Å². The van der Waals surface area contributed by atoms with Gasteiger partial charge in [0.1, 0.15) is 23.1 Å². The Hall–Kier alpha value is -3.20. The van der Waals surface area contributed by atoms with E-state index in [9.17, 15) is 43.5 Å². The van der Waals surface area contributed by atoms with Crippen molar-refractivity contribution in [3.63, 3.8) is 0 Å². The molecular formula is C18H10F8N2O4S. The highest BCUT2D eigenvalue weighted by Gasteiger charge is 2.42. The number of nitrogens with zero attached hydrogens (tertiary/aromatic N) is 1. The summed E-state index contributed by atoms with van der Waals surface area (Å²) in [7, 11) is -4.91. The van der Waals surface area contributed by atoms with E-state index in [1.807, 2.05) is 0 Å². The minimum absolute atomic E-state index is 0.0354. The maximum atomic E-state index is 14.3. The van der Waals surface area contributed by atoms with Crippen LogP contribution in [-0.2, 0) is 16.2 Å². The van der Waals surface area contributed by atoms with Crippen LogP contribution in [0.2, 0.25) is 0 Å². The number of benzene rings is 2. The molecule has 0 fully saturated rings. The van der Waals surface area contributed by atoms with Crippen LogP contribution in [0.25, 0.3) is 22.4 Å². The lowest BCUT2D eigenvalue weighted by atomic mass is 9.97. The third-order valence-electron chi connectivity index (χ3n) is 4.21. The zero-order valence-corrected chi connectivity index (χ0v) is 16.8. The fourth-order valence-corrected chi connectivity index (χ4v) is 3.57. The molecule has 0 saturated heterocycles. The molecule has 0 aliphatic heterocycles. The van der Waals surface area contributed by atoms with Gasteiger partial charge >= 0.3 is 12.5 Å². The van der Waals surface area contributed by atoms with Gasteiger partial charge in [-0.3, -0.25) is 0 Å². The lowest BCUT2D eigenvalue weighted by Crippen LogP contribution is -2.17. The van der Waals surface area contributed by atoms with Gasteiger partial charge in [-0.2, -0.15) is 13.2 Å². The average molecular weight is 502 g/mol. The molecule has 178 valence electrons. The molecule has 6 nitrogen and oxygen atoms in total. The van der Waals surface area contributed by atoms with Crippen LogP contribution in [-0.4, -0.2) is 19.9 Å². The van der Waals surface area contributed by atoms with Gasteiger partial charge in [0.2, 0.25) is 15.8 Å². The summed E-state index contributed by atoms with van der Waals surface area (Å²) in [6, 6.07) is 3.35. The number of nitrogens with two attached hydrogens (primary N) is 1. The van der Waals surface area contributed by atoms with E-state index in [0.29, 0.717) is 6.07 Å². The summed E-state index contributed by atoms with van der Waals surface area (Å²) in [5.74, 6) is -6.22. The second kappa shape index (κ2) is 7.98. The Balaban J connectivity index is 2.29. The van der Waals surface area contributed by atoms with Crippen molar-refractivity contribution in [2.45, 2.75) is 24.4 Å². The third kappa shape index (κ3) is 5.08. The van der Waals surface area contributed by atoms with Crippen molar-refractivity contribution in [3.05, 3.63) is 53.3 Å². The number of hydrogen-bond acceptors (Lipinski definition) is 5. The third-order valence-corrected chi connectivity index (χ3v) is 5.17. The van der Waals surface area contributed by atoms with Gasteiger partial charge in [-0.25, -0.2) is 22.3 Å². The van der Waals surface area contributed by atoms with Crippen LogP contribution in [0, 0.1) is 18.6 Å². The van der Waals surface area contributed by atoms with Crippen molar-refractivity contribution >= 4 is 10.0 Å². The van der Waals surface area contributed by atoms with Crippen LogP contribution in [0.3, 0.4) is 0 Å². The Morgan fingerprint density at radius 3 is 2.03 bits per heavy atom. The molecule has 0 aliphatic rings. The number of sulfonamides is 1. The van der Waals surface area contributed by atoms with Crippen molar-refractivity contribution in [2.75, 3.05) is 0 Å². The van der Waals surface area contributed by atoms with E-state index in [1.165, 1.54) is 6.92 Å². The molecule has 0 saturated carbocycles. The van der Waals surface area contributed by atoms with Crippen molar-refractivity contribution in [2.24, 2.45) is 5.14 Å². The number of aryl methyl sites for hydroxylation is 1. The predicted molar refractivity (Wildman–Crippen MR) is 95.1 cm³/mol. The minimum atomic E-state index is -5.25. The second-order valence-electron chi connectivity index (χ2n) is 6.58. The maximum Gasteiger partial charge on any atom is 0.573 e. The number of aromatic nitrogens is 1. The molecular weight excluding hydrogens is 492 g/mol.